The zero-order valence-corrected chi connectivity index (χ0v) is 19.1. The molecule has 0 aromatic heterocycles. The maximum absolute atomic E-state index is 15.2. The Balaban J connectivity index is 1.77. The molecule has 2 nitrogen and oxygen atoms in total. The SMILES string of the molecule is CCCc1ccc(COc2ccc3c(c2F)C(F)(F)C(F)(F)c2c-3ccc(OCC)c2F)c(F)c1F. The van der Waals surface area contributed by atoms with E-state index in [0.29, 0.717) is 6.42 Å². The second-order valence-corrected chi connectivity index (χ2v) is 8.23. The fraction of sp³-hybridized carbons (Fsp3) is 0.308. The molecule has 0 unspecified atom stereocenters. The summed E-state index contributed by atoms with van der Waals surface area (Å²) < 4.78 is 129. The summed E-state index contributed by atoms with van der Waals surface area (Å²) in [6, 6.07) is 6.23. The number of rotatable bonds is 7. The summed E-state index contributed by atoms with van der Waals surface area (Å²) in [5.74, 6) is -17.7. The molecule has 3 aromatic carbocycles. The highest BCUT2D eigenvalue weighted by Crippen LogP contribution is 2.60. The second-order valence-electron chi connectivity index (χ2n) is 8.23. The normalized spacial score (nSPS) is 15.3. The summed E-state index contributed by atoms with van der Waals surface area (Å²) >= 11 is 0. The molecular formula is C26H20F8O2. The van der Waals surface area contributed by atoms with Crippen molar-refractivity contribution in [2.24, 2.45) is 0 Å². The predicted molar refractivity (Wildman–Crippen MR) is 115 cm³/mol. The van der Waals surface area contributed by atoms with Crippen molar-refractivity contribution in [2.75, 3.05) is 6.61 Å². The first-order chi connectivity index (χ1) is 17.0. The molecule has 10 heteroatoms. The third-order valence-electron chi connectivity index (χ3n) is 5.97. The lowest BCUT2D eigenvalue weighted by molar-refractivity contribution is -0.228. The van der Waals surface area contributed by atoms with Crippen LogP contribution >= 0.6 is 0 Å². The van der Waals surface area contributed by atoms with Crippen molar-refractivity contribution >= 4 is 0 Å². The molecule has 36 heavy (non-hydrogen) atoms. The predicted octanol–water partition coefficient (Wildman–Crippen LogP) is 8.04. The van der Waals surface area contributed by atoms with Crippen molar-refractivity contribution < 1.29 is 44.6 Å². The molecule has 0 aliphatic heterocycles. The van der Waals surface area contributed by atoms with Crippen LogP contribution in [0.25, 0.3) is 11.1 Å². The van der Waals surface area contributed by atoms with E-state index in [1.54, 1.807) is 6.92 Å². The molecule has 4 rings (SSSR count). The summed E-state index contributed by atoms with van der Waals surface area (Å²) in [6.07, 6.45) is 0.839. The van der Waals surface area contributed by atoms with Crippen molar-refractivity contribution in [1.29, 1.82) is 0 Å². The zero-order valence-electron chi connectivity index (χ0n) is 19.1. The number of hydrogen-bond acceptors (Lipinski definition) is 2. The first kappa shape index (κ1) is 25.8. The van der Waals surface area contributed by atoms with Crippen LogP contribution in [0.15, 0.2) is 36.4 Å². The van der Waals surface area contributed by atoms with Gasteiger partial charge in [-0.1, -0.05) is 25.5 Å². The number of fused-ring (bicyclic) bond motifs is 3. The summed E-state index contributed by atoms with van der Waals surface area (Å²) in [6.45, 7) is 2.38. The van der Waals surface area contributed by atoms with E-state index in [1.165, 1.54) is 19.1 Å². The van der Waals surface area contributed by atoms with E-state index in [1.807, 2.05) is 0 Å². The summed E-state index contributed by atoms with van der Waals surface area (Å²) in [4.78, 5) is 0. The molecule has 3 aromatic rings. The third-order valence-corrected chi connectivity index (χ3v) is 5.97. The van der Waals surface area contributed by atoms with Crippen LogP contribution in [-0.4, -0.2) is 6.61 Å². The average Bonchev–Trinajstić information content (AvgIpc) is 2.82. The molecule has 0 amide bonds. The Hall–Kier alpha value is -3.30. The minimum atomic E-state index is -5.16. The van der Waals surface area contributed by atoms with Gasteiger partial charge in [-0.25, -0.2) is 17.6 Å². The highest BCUT2D eigenvalue weighted by Gasteiger charge is 2.65. The molecule has 0 saturated carbocycles. The van der Waals surface area contributed by atoms with Gasteiger partial charge in [-0.3, -0.25) is 0 Å². The van der Waals surface area contributed by atoms with Crippen LogP contribution in [-0.2, 0) is 24.9 Å². The lowest BCUT2D eigenvalue weighted by Gasteiger charge is -2.35. The largest absolute Gasteiger partial charge is 0.491 e. The quantitative estimate of drug-likeness (QED) is 0.296. The standard InChI is InChI=1S/C26H20F8O2/c1-3-5-13-6-7-14(22(28)21(13)27)12-36-18-11-9-16-15-8-10-17(35-4-2)23(29)19(15)25(31,32)26(33,34)20(16)24(18)30/h6-11H,3-5,12H2,1-2H3. The molecule has 1 aliphatic carbocycles. The number of benzene rings is 3. The van der Waals surface area contributed by atoms with Crippen molar-refractivity contribution in [3.05, 3.63) is 81.9 Å². The number of ether oxygens (including phenoxy) is 2. The monoisotopic (exact) mass is 516 g/mol. The molecule has 0 saturated heterocycles. The van der Waals surface area contributed by atoms with Crippen LogP contribution in [0.2, 0.25) is 0 Å². The molecule has 192 valence electrons. The Labute approximate surface area is 201 Å². The van der Waals surface area contributed by atoms with Crippen LogP contribution < -0.4 is 9.47 Å². The Morgan fingerprint density at radius 2 is 1.08 bits per heavy atom. The number of alkyl halides is 4. The summed E-state index contributed by atoms with van der Waals surface area (Å²) in [5.41, 5.74) is -4.79. The van der Waals surface area contributed by atoms with Crippen LogP contribution in [0.3, 0.4) is 0 Å². The first-order valence-electron chi connectivity index (χ1n) is 11.1. The fourth-order valence-corrected chi connectivity index (χ4v) is 4.23. The molecule has 0 bridgehead atoms. The van der Waals surface area contributed by atoms with Gasteiger partial charge in [0.1, 0.15) is 6.61 Å². The van der Waals surface area contributed by atoms with Gasteiger partial charge in [0.05, 0.1) is 17.7 Å². The van der Waals surface area contributed by atoms with Gasteiger partial charge < -0.3 is 9.47 Å². The van der Waals surface area contributed by atoms with E-state index in [-0.39, 0.29) is 24.2 Å². The molecule has 0 fully saturated rings. The smallest absolute Gasteiger partial charge is 0.343 e. The van der Waals surface area contributed by atoms with Crippen molar-refractivity contribution in [1.82, 2.24) is 0 Å². The molecule has 0 heterocycles. The highest BCUT2D eigenvalue weighted by molar-refractivity contribution is 5.78. The third kappa shape index (κ3) is 3.87. The number of aryl methyl sites for hydroxylation is 1. The van der Waals surface area contributed by atoms with Gasteiger partial charge in [0.15, 0.2) is 34.8 Å². The minimum absolute atomic E-state index is 0.102. The van der Waals surface area contributed by atoms with Gasteiger partial charge in [-0.2, -0.15) is 17.6 Å². The van der Waals surface area contributed by atoms with Gasteiger partial charge in [0.25, 0.3) is 0 Å². The highest BCUT2D eigenvalue weighted by atomic mass is 19.3. The van der Waals surface area contributed by atoms with Gasteiger partial charge in [-0.05, 0) is 54.3 Å². The van der Waals surface area contributed by atoms with Crippen LogP contribution in [0.1, 0.15) is 42.5 Å². The van der Waals surface area contributed by atoms with Crippen molar-refractivity contribution in [2.45, 2.75) is 45.1 Å². The van der Waals surface area contributed by atoms with E-state index < -0.39 is 75.5 Å². The average molecular weight is 516 g/mol. The lowest BCUT2D eigenvalue weighted by Crippen LogP contribution is -2.41. The van der Waals surface area contributed by atoms with Gasteiger partial charge in [0, 0.05) is 5.56 Å². The maximum atomic E-state index is 15.2. The maximum Gasteiger partial charge on any atom is 0.343 e. The van der Waals surface area contributed by atoms with Crippen LogP contribution in [0.5, 0.6) is 11.5 Å². The molecule has 0 spiro atoms. The fourth-order valence-electron chi connectivity index (χ4n) is 4.23. The van der Waals surface area contributed by atoms with Gasteiger partial charge >= 0.3 is 11.8 Å². The minimum Gasteiger partial charge on any atom is -0.491 e. The molecule has 0 N–H and O–H groups in total. The topological polar surface area (TPSA) is 18.5 Å². The van der Waals surface area contributed by atoms with Gasteiger partial charge in [0.2, 0.25) is 0 Å². The zero-order chi connectivity index (χ0) is 26.4. The lowest BCUT2D eigenvalue weighted by atomic mass is 9.79. The molecule has 0 atom stereocenters. The molecule has 1 aliphatic rings. The van der Waals surface area contributed by atoms with E-state index >= 15 is 13.2 Å². The van der Waals surface area contributed by atoms with E-state index in [0.717, 1.165) is 24.3 Å². The Morgan fingerprint density at radius 1 is 0.611 bits per heavy atom. The summed E-state index contributed by atoms with van der Waals surface area (Å²) in [7, 11) is 0. The Bertz CT molecular complexity index is 1320. The van der Waals surface area contributed by atoms with E-state index in [4.69, 9.17) is 9.47 Å². The molecular weight excluding hydrogens is 496 g/mol. The van der Waals surface area contributed by atoms with Crippen LogP contribution in [0.4, 0.5) is 35.1 Å². The van der Waals surface area contributed by atoms with E-state index in [9.17, 15) is 22.0 Å². The Morgan fingerprint density at radius 3 is 1.58 bits per heavy atom. The second kappa shape index (κ2) is 9.29. The van der Waals surface area contributed by atoms with E-state index in [2.05, 4.69) is 0 Å². The number of halogens is 8. The summed E-state index contributed by atoms with van der Waals surface area (Å²) in [5, 5.41) is 0. The number of hydrogen-bond donors (Lipinski definition) is 0. The first-order valence-corrected chi connectivity index (χ1v) is 11.1. The Kier molecular flexibility index (Phi) is 6.66. The van der Waals surface area contributed by atoms with Gasteiger partial charge in [-0.15, -0.1) is 0 Å². The van der Waals surface area contributed by atoms with Crippen molar-refractivity contribution in [3.8, 4) is 22.6 Å². The van der Waals surface area contributed by atoms with Crippen LogP contribution in [0, 0.1) is 23.3 Å². The molecule has 0 radical (unpaired) electrons. The van der Waals surface area contributed by atoms with Crippen molar-refractivity contribution in [3.63, 3.8) is 0 Å².